The molecule has 0 fully saturated rings. The predicted octanol–water partition coefficient (Wildman–Crippen LogP) is 4.80. The fourth-order valence-corrected chi connectivity index (χ4v) is 4.15. The molecule has 2 amide bonds. The molecule has 1 N–H and O–H groups in total. The molecule has 0 saturated carbocycles. The van der Waals surface area contributed by atoms with Gasteiger partial charge in [-0.1, -0.05) is 30.3 Å². The van der Waals surface area contributed by atoms with Gasteiger partial charge in [0.2, 0.25) is 5.91 Å². The number of non-ortho nitro benzene ring substituents is 1. The van der Waals surface area contributed by atoms with Crippen molar-refractivity contribution in [1.82, 2.24) is 4.90 Å². The third kappa shape index (κ3) is 5.68. The summed E-state index contributed by atoms with van der Waals surface area (Å²) in [4.78, 5) is 39.9. The van der Waals surface area contributed by atoms with Gasteiger partial charge in [-0.05, 0) is 56.4 Å². The number of imide groups is 1. The van der Waals surface area contributed by atoms with Gasteiger partial charge in [-0.15, -0.1) is 0 Å². The number of anilines is 2. The van der Waals surface area contributed by atoms with Crippen LogP contribution in [0.1, 0.15) is 24.5 Å². The second-order valence-electron chi connectivity index (χ2n) is 8.89. The van der Waals surface area contributed by atoms with Crippen molar-refractivity contribution >= 4 is 40.1 Å². The lowest BCUT2D eigenvalue weighted by atomic mass is 9.99. The Morgan fingerprint density at radius 2 is 1.76 bits per heavy atom. The van der Waals surface area contributed by atoms with Gasteiger partial charge in [-0.3, -0.25) is 19.7 Å². The molecule has 0 aromatic heterocycles. The fraction of sp³-hybridized carbons (Fsp3) is 0.214. The van der Waals surface area contributed by atoms with E-state index in [1.54, 1.807) is 0 Å². The topological polar surface area (TPSA) is 105 Å². The van der Waals surface area contributed by atoms with Crippen molar-refractivity contribution in [3.05, 3.63) is 94.0 Å². The van der Waals surface area contributed by atoms with Gasteiger partial charge >= 0.3 is 0 Å². The second-order valence-corrected chi connectivity index (χ2v) is 8.89. The molecule has 0 saturated heterocycles. The van der Waals surface area contributed by atoms with Gasteiger partial charge < -0.3 is 15.0 Å². The van der Waals surface area contributed by atoms with E-state index >= 15 is 0 Å². The minimum absolute atomic E-state index is 0.193. The molecule has 1 aliphatic heterocycles. The highest BCUT2D eigenvalue weighted by molar-refractivity contribution is 6.43. The van der Waals surface area contributed by atoms with Crippen LogP contribution in [0.2, 0.25) is 0 Å². The number of carbonyl (C=O) groups is 2. The van der Waals surface area contributed by atoms with Gasteiger partial charge in [0.15, 0.2) is 0 Å². The van der Waals surface area contributed by atoms with Crippen LogP contribution in [0.25, 0.3) is 11.3 Å². The summed E-state index contributed by atoms with van der Waals surface area (Å²) in [6, 6.07) is 20.8. The van der Waals surface area contributed by atoms with Crippen LogP contribution in [0, 0.1) is 10.1 Å². The van der Waals surface area contributed by atoms with Crippen molar-refractivity contribution in [3.8, 4) is 5.75 Å². The zero-order valence-corrected chi connectivity index (χ0v) is 20.9. The summed E-state index contributed by atoms with van der Waals surface area (Å²) in [7, 11) is 4.04. The standard InChI is InChI=1S/C28H28N4O5/c1-19(33)31-25-18-22(32(35)36)12-15-24(25)26(28(31)34)27(20-8-5-4-6-9-20)29-21-10-13-23(14-11-21)37-17-7-16-30(2)3/h4-6,8-15,18,29H,7,16-17H2,1-3H3/b27-26-. The number of nitro benzene ring substituents is 1. The van der Waals surface area contributed by atoms with E-state index in [0.717, 1.165) is 29.2 Å². The molecular weight excluding hydrogens is 472 g/mol. The summed E-state index contributed by atoms with van der Waals surface area (Å²) in [6.45, 7) is 2.79. The van der Waals surface area contributed by atoms with Crippen molar-refractivity contribution in [1.29, 1.82) is 0 Å². The Morgan fingerprint density at radius 3 is 2.38 bits per heavy atom. The fourth-order valence-electron chi connectivity index (χ4n) is 4.15. The Balaban J connectivity index is 1.73. The van der Waals surface area contributed by atoms with E-state index in [0.29, 0.717) is 23.6 Å². The maximum absolute atomic E-state index is 13.6. The number of amides is 2. The summed E-state index contributed by atoms with van der Waals surface area (Å²) in [5.41, 5.74) is 2.62. The van der Waals surface area contributed by atoms with Gasteiger partial charge in [0.1, 0.15) is 5.75 Å². The van der Waals surface area contributed by atoms with Crippen LogP contribution in [0.15, 0.2) is 72.8 Å². The molecule has 190 valence electrons. The Labute approximate surface area is 215 Å². The average Bonchev–Trinajstić information content (AvgIpc) is 3.17. The normalized spacial score (nSPS) is 13.9. The molecule has 0 unspecified atom stereocenters. The number of benzene rings is 3. The van der Waals surface area contributed by atoms with Gasteiger partial charge in [-0.25, -0.2) is 4.90 Å². The van der Waals surface area contributed by atoms with E-state index in [1.165, 1.54) is 25.1 Å². The Bertz CT molecular complexity index is 1350. The van der Waals surface area contributed by atoms with Crippen molar-refractivity contribution in [3.63, 3.8) is 0 Å². The van der Waals surface area contributed by atoms with Crippen LogP contribution >= 0.6 is 0 Å². The van der Waals surface area contributed by atoms with E-state index in [2.05, 4.69) is 10.2 Å². The van der Waals surface area contributed by atoms with Gasteiger partial charge in [0, 0.05) is 36.9 Å². The number of nitrogens with one attached hydrogen (secondary N) is 1. The lowest BCUT2D eigenvalue weighted by Gasteiger charge is -2.16. The first kappa shape index (κ1) is 25.6. The highest BCUT2D eigenvalue weighted by Crippen LogP contribution is 2.43. The highest BCUT2D eigenvalue weighted by atomic mass is 16.6. The number of nitrogens with zero attached hydrogens (tertiary/aromatic N) is 3. The SMILES string of the molecule is CC(=O)N1C(=O)/C(=C(\Nc2ccc(OCCCN(C)C)cc2)c2ccccc2)c2ccc([N+](=O)[O-])cc21. The van der Waals surface area contributed by atoms with Crippen LogP contribution < -0.4 is 15.0 Å². The quantitative estimate of drug-likeness (QED) is 0.195. The van der Waals surface area contributed by atoms with Crippen LogP contribution in [0.4, 0.5) is 17.1 Å². The third-order valence-electron chi connectivity index (χ3n) is 5.89. The van der Waals surface area contributed by atoms with Crippen molar-refractivity contribution in [2.45, 2.75) is 13.3 Å². The first-order valence-electron chi connectivity index (χ1n) is 11.8. The minimum Gasteiger partial charge on any atom is -0.494 e. The van der Waals surface area contributed by atoms with Crippen molar-refractivity contribution in [2.75, 3.05) is 37.5 Å². The predicted molar refractivity (Wildman–Crippen MR) is 143 cm³/mol. The van der Waals surface area contributed by atoms with Gasteiger partial charge in [-0.2, -0.15) is 0 Å². The number of fused-ring (bicyclic) bond motifs is 1. The molecule has 1 aliphatic rings. The minimum atomic E-state index is -0.550. The Hall–Kier alpha value is -4.50. The van der Waals surface area contributed by atoms with Crippen LogP contribution in [0.3, 0.4) is 0 Å². The van der Waals surface area contributed by atoms with Gasteiger partial charge in [0.05, 0.1) is 28.5 Å². The second kappa shape index (κ2) is 11.0. The van der Waals surface area contributed by atoms with E-state index in [4.69, 9.17) is 4.74 Å². The zero-order valence-electron chi connectivity index (χ0n) is 20.9. The number of ether oxygens (including phenoxy) is 1. The van der Waals surface area contributed by atoms with Crippen LogP contribution in [-0.4, -0.2) is 48.9 Å². The van der Waals surface area contributed by atoms with Crippen molar-refractivity contribution in [2.24, 2.45) is 0 Å². The number of carbonyl (C=O) groups excluding carboxylic acids is 2. The maximum Gasteiger partial charge on any atom is 0.271 e. The molecular formula is C28H28N4O5. The number of rotatable bonds is 9. The smallest absolute Gasteiger partial charge is 0.271 e. The lowest BCUT2D eigenvalue weighted by molar-refractivity contribution is -0.384. The third-order valence-corrected chi connectivity index (χ3v) is 5.89. The Morgan fingerprint density at radius 1 is 1.05 bits per heavy atom. The van der Waals surface area contributed by atoms with Crippen LogP contribution in [0.5, 0.6) is 5.75 Å². The molecule has 0 radical (unpaired) electrons. The molecule has 1 heterocycles. The monoisotopic (exact) mass is 500 g/mol. The number of hydrogen-bond donors (Lipinski definition) is 1. The summed E-state index contributed by atoms with van der Waals surface area (Å²) in [5.74, 6) is -0.337. The molecule has 37 heavy (non-hydrogen) atoms. The van der Waals surface area contributed by atoms with Gasteiger partial charge in [0.25, 0.3) is 11.6 Å². The molecule has 0 atom stereocenters. The van der Waals surface area contributed by atoms with E-state index in [-0.39, 0.29) is 16.9 Å². The molecule has 3 aromatic rings. The summed E-state index contributed by atoms with van der Waals surface area (Å²) >= 11 is 0. The van der Waals surface area contributed by atoms with E-state index in [9.17, 15) is 19.7 Å². The van der Waals surface area contributed by atoms with Crippen molar-refractivity contribution < 1.29 is 19.2 Å². The molecule has 3 aromatic carbocycles. The Kier molecular flexibility index (Phi) is 7.64. The number of nitro groups is 1. The van der Waals surface area contributed by atoms with E-state index in [1.807, 2.05) is 68.7 Å². The average molecular weight is 501 g/mol. The largest absolute Gasteiger partial charge is 0.494 e. The number of hydrogen-bond acceptors (Lipinski definition) is 7. The molecule has 0 spiro atoms. The summed E-state index contributed by atoms with van der Waals surface area (Å²) < 4.78 is 5.82. The zero-order chi connectivity index (χ0) is 26.5. The van der Waals surface area contributed by atoms with E-state index < -0.39 is 16.7 Å². The molecule has 0 aliphatic carbocycles. The highest BCUT2D eigenvalue weighted by Gasteiger charge is 2.38. The molecule has 0 bridgehead atoms. The summed E-state index contributed by atoms with van der Waals surface area (Å²) in [5, 5.41) is 14.7. The first-order chi connectivity index (χ1) is 17.8. The summed E-state index contributed by atoms with van der Waals surface area (Å²) in [6.07, 6.45) is 0.906. The first-order valence-corrected chi connectivity index (χ1v) is 11.8. The molecule has 9 nitrogen and oxygen atoms in total. The molecule has 9 heteroatoms. The molecule has 4 rings (SSSR count). The lowest BCUT2D eigenvalue weighted by Crippen LogP contribution is -2.31. The maximum atomic E-state index is 13.6. The van der Waals surface area contributed by atoms with Crippen LogP contribution in [-0.2, 0) is 9.59 Å².